The van der Waals surface area contributed by atoms with Gasteiger partial charge in [0.05, 0.1) is 47.7 Å². The van der Waals surface area contributed by atoms with Crippen LogP contribution in [0.15, 0.2) is 12.1 Å². The summed E-state index contributed by atoms with van der Waals surface area (Å²) in [4.78, 5) is 15.2. The highest BCUT2D eigenvalue weighted by atomic mass is 15.2. The van der Waals surface area contributed by atoms with Gasteiger partial charge in [0.2, 0.25) is 0 Å². The van der Waals surface area contributed by atoms with E-state index in [9.17, 15) is 0 Å². The van der Waals surface area contributed by atoms with Gasteiger partial charge in [-0.15, -0.1) is 0 Å². The molecule has 1 aromatic carbocycles. The molecule has 0 amide bonds. The third kappa shape index (κ3) is 4.00. The number of hydrogen-bond acceptors (Lipinski definition) is 4. The minimum Gasteiger partial charge on any atom is -0.336 e. The van der Waals surface area contributed by atoms with Crippen LogP contribution in [0, 0.1) is 0 Å². The third-order valence-electron chi connectivity index (χ3n) is 6.80. The summed E-state index contributed by atoms with van der Waals surface area (Å²) < 4.78 is 4.75. The van der Waals surface area contributed by atoms with Crippen molar-refractivity contribution in [1.82, 2.24) is 19.1 Å². The van der Waals surface area contributed by atoms with Crippen molar-refractivity contribution in [3.05, 3.63) is 23.1 Å². The molecule has 0 atom stereocenters. The Morgan fingerprint density at radius 3 is 1.12 bits per heavy atom. The van der Waals surface area contributed by atoms with Crippen molar-refractivity contribution in [1.29, 1.82) is 0 Å². The topological polar surface area (TPSA) is 38.3 Å². The van der Waals surface area contributed by atoms with Crippen LogP contribution in [-0.4, -0.2) is 62.3 Å². The third-order valence-corrected chi connectivity index (χ3v) is 6.80. The predicted octanol–water partition coefficient (Wildman–Crippen LogP) is 2.98. The molecule has 0 N–H and O–H groups in total. The van der Waals surface area contributed by atoms with E-state index in [0.717, 1.165) is 75.0 Å². The standard InChI is InChI=1S/C26H42N6/c1-9-29(10-2)23-19-17-21-22(18-20(19)24(27-23)30(11-3)12-4)26(32(15-7)16-8)28-25(21)31(13-5)14-6/h17-18H,9-16H2,1-8H3/q+2. The quantitative estimate of drug-likeness (QED) is 0.456. The molecule has 0 saturated heterocycles. The van der Waals surface area contributed by atoms with Crippen LogP contribution in [0.25, 0.3) is 21.5 Å². The molecule has 0 spiro atoms. The second kappa shape index (κ2) is 10.4. The fourth-order valence-electron chi connectivity index (χ4n) is 4.84. The fraction of sp³-hybridized carbons (Fsp3) is 0.615. The summed E-state index contributed by atoms with van der Waals surface area (Å²) in [6.45, 7) is 25.3. The summed E-state index contributed by atoms with van der Waals surface area (Å²) in [5.74, 6) is 2.20. The Balaban J connectivity index is 2.58. The molecule has 0 aliphatic heterocycles. The Bertz CT molecular complexity index is 1070. The first-order valence-corrected chi connectivity index (χ1v) is 12.6. The van der Waals surface area contributed by atoms with E-state index < -0.39 is 0 Å². The molecular formula is C26H42N6+2. The molecule has 3 rings (SSSR count). The minimum absolute atomic E-state index is 0.950. The Hall–Kier alpha value is -2.50. The van der Waals surface area contributed by atoms with Gasteiger partial charge >= 0.3 is 11.0 Å². The lowest BCUT2D eigenvalue weighted by Crippen LogP contribution is -2.32. The molecule has 6 nitrogen and oxygen atoms in total. The summed E-state index contributed by atoms with van der Waals surface area (Å²) in [6.07, 6.45) is 0. The monoisotopic (exact) mass is 438 g/mol. The summed E-state index contributed by atoms with van der Waals surface area (Å²) in [6, 6.07) is 4.73. The molecule has 0 radical (unpaired) electrons. The van der Waals surface area contributed by atoms with Crippen molar-refractivity contribution < 1.29 is 0 Å². The van der Waals surface area contributed by atoms with Crippen LogP contribution in [0.2, 0.25) is 0 Å². The van der Waals surface area contributed by atoms with Gasteiger partial charge in [-0.05, 0) is 77.5 Å². The molecule has 3 aromatic rings. The molecule has 0 unspecified atom stereocenters. The normalized spacial score (nSPS) is 11.5. The van der Waals surface area contributed by atoms with Crippen molar-refractivity contribution in [2.75, 3.05) is 62.2 Å². The first-order valence-electron chi connectivity index (χ1n) is 12.6. The molecular weight excluding hydrogens is 396 g/mol. The number of aromatic nitrogens is 2. The van der Waals surface area contributed by atoms with E-state index in [2.05, 4.69) is 86.5 Å². The lowest BCUT2D eigenvalue weighted by molar-refractivity contribution is 0.615. The Morgan fingerprint density at radius 1 is 0.531 bits per heavy atom. The van der Waals surface area contributed by atoms with Gasteiger partial charge < -0.3 is 9.80 Å². The van der Waals surface area contributed by atoms with Crippen molar-refractivity contribution in [2.45, 2.75) is 55.4 Å². The second-order valence-corrected chi connectivity index (χ2v) is 8.15. The van der Waals surface area contributed by atoms with Gasteiger partial charge in [0, 0.05) is 26.2 Å². The van der Waals surface area contributed by atoms with Crippen LogP contribution in [0.5, 0.6) is 0 Å². The second-order valence-electron chi connectivity index (χ2n) is 8.15. The Labute approximate surface area is 193 Å². The largest absolute Gasteiger partial charge is 0.336 e. The Kier molecular flexibility index (Phi) is 7.86. The molecule has 0 aliphatic carbocycles. The maximum atomic E-state index is 5.21. The van der Waals surface area contributed by atoms with Gasteiger partial charge in [0.15, 0.2) is 0 Å². The zero-order chi connectivity index (χ0) is 23.4. The van der Waals surface area contributed by atoms with Gasteiger partial charge in [-0.2, -0.15) is 0 Å². The van der Waals surface area contributed by atoms with E-state index in [1.807, 2.05) is 0 Å². The number of hydrogen-bond donors (Lipinski definition) is 0. The van der Waals surface area contributed by atoms with E-state index >= 15 is 0 Å². The summed E-state index contributed by atoms with van der Waals surface area (Å²) in [5, 5.41) is 4.98. The molecule has 6 heteroatoms. The average Bonchev–Trinajstić information content (AvgIpc) is 3.36. The van der Waals surface area contributed by atoms with E-state index in [1.165, 1.54) is 21.5 Å². The van der Waals surface area contributed by atoms with Crippen LogP contribution < -0.4 is 29.9 Å². The number of anilines is 2. The molecule has 0 bridgehead atoms. The van der Waals surface area contributed by atoms with Crippen LogP contribution in [-0.2, 0) is 0 Å². The van der Waals surface area contributed by atoms with Gasteiger partial charge in [-0.3, -0.25) is 9.15 Å². The summed E-state index contributed by atoms with van der Waals surface area (Å²) >= 11 is 0. The molecule has 0 saturated carbocycles. The Morgan fingerprint density at radius 2 is 0.844 bits per heavy atom. The van der Waals surface area contributed by atoms with E-state index in [0.29, 0.717) is 0 Å². The highest BCUT2D eigenvalue weighted by Crippen LogP contribution is 2.31. The van der Waals surface area contributed by atoms with Crippen LogP contribution in [0.1, 0.15) is 55.4 Å². The zero-order valence-electron chi connectivity index (χ0n) is 21.5. The maximum absolute atomic E-state index is 5.21. The van der Waals surface area contributed by atoms with Crippen LogP contribution >= 0.6 is 0 Å². The average molecular weight is 439 g/mol. The molecule has 0 aliphatic rings. The summed E-state index contributed by atoms with van der Waals surface area (Å²) in [7, 11) is 0. The van der Waals surface area contributed by atoms with Gasteiger partial charge in [0.1, 0.15) is 0 Å². The molecule has 174 valence electrons. The van der Waals surface area contributed by atoms with Gasteiger partial charge in [0.25, 0.3) is 11.6 Å². The lowest BCUT2D eigenvalue weighted by Gasteiger charge is -2.16. The number of benzene rings is 1. The molecule has 2 heterocycles. The van der Waals surface area contributed by atoms with Crippen molar-refractivity contribution >= 4 is 33.2 Å². The van der Waals surface area contributed by atoms with Crippen molar-refractivity contribution in [3.8, 4) is 0 Å². The minimum atomic E-state index is 0.950. The highest BCUT2D eigenvalue weighted by molar-refractivity contribution is 6.07. The van der Waals surface area contributed by atoms with Gasteiger partial charge in [-0.1, -0.05) is 0 Å². The number of rotatable bonds is 10. The summed E-state index contributed by atoms with van der Waals surface area (Å²) in [5.41, 5.74) is 2.20. The van der Waals surface area contributed by atoms with E-state index in [1.54, 1.807) is 0 Å². The smallest absolute Gasteiger partial charge is 0.329 e. The molecule has 2 aromatic heterocycles. The van der Waals surface area contributed by atoms with Crippen LogP contribution in [0.4, 0.5) is 11.6 Å². The zero-order valence-corrected chi connectivity index (χ0v) is 21.5. The van der Waals surface area contributed by atoms with Gasteiger partial charge in [-0.25, -0.2) is 0 Å². The molecule has 0 fully saturated rings. The van der Waals surface area contributed by atoms with Crippen molar-refractivity contribution in [3.63, 3.8) is 0 Å². The lowest BCUT2D eigenvalue weighted by atomic mass is 10.1. The van der Waals surface area contributed by atoms with E-state index in [-0.39, 0.29) is 0 Å². The number of fused-ring (bicyclic) bond motifs is 2. The highest BCUT2D eigenvalue weighted by Gasteiger charge is 2.28. The predicted molar refractivity (Wildman–Crippen MR) is 139 cm³/mol. The number of nitrogens with zero attached hydrogens (tertiary/aromatic N) is 6. The first-order chi connectivity index (χ1) is 15.5. The van der Waals surface area contributed by atoms with Crippen LogP contribution in [0.3, 0.4) is 0 Å². The van der Waals surface area contributed by atoms with Crippen molar-refractivity contribution in [2.24, 2.45) is 0 Å². The molecule has 32 heavy (non-hydrogen) atoms. The fourth-order valence-corrected chi connectivity index (χ4v) is 4.84. The van der Waals surface area contributed by atoms with E-state index in [4.69, 9.17) is 9.97 Å². The first kappa shape index (κ1) is 24.1. The SMILES string of the molecule is CCN(CC)c1nc(=[N+](CC)CC)c2cc3c(=[N+](CC)CC)nc(N(CC)CC)c3cc12. The maximum Gasteiger partial charge on any atom is 0.329 e.